The zero-order valence-corrected chi connectivity index (χ0v) is 49.6. The van der Waals surface area contributed by atoms with Crippen molar-refractivity contribution in [2.24, 2.45) is 0 Å². The molecule has 2 unspecified atom stereocenters. The van der Waals surface area contributed by atoms with E-state index in [0.717, 1.165) is 34.4 Å². The second-order valence-electron chi connectivity index (χ2n) is 21.2. The number of likely N-dealkylation sites (tertiary alicyclic amines) is 1. The van der Waals surface area contributed by atoms with Crippen molar-refractivity contribution in [3.63, 3.8) is 0 Å². The molecule has 3 aliphatic rings. The molecule has 85 heavy (non-hydrogen) atoms. The number of esters is 1. The third-order valence-corrected chi connectivity index (χ3v) is 15.2. The number of hydrogen-bond acceptors (Lipinski definition) is 17. The van der Waals surface area contributed by atoms with E-state index in [1.807, 2.05) is 32.0 Å². The molecule has 2 N–H and O–H groups in total. The van der Waals surface area contributed by atoms with Crippen molar-refractivity contribution in [1.82, 2.24) is 20.4 Å². The number of ether oxygens (including phenoxy) is 9. The number of piperidine rings is 2. The summed E-state index contributed by atoms with van der Waals surface area (Å²) in [6.45, 7) is 10.7. The van der Waals surface area contributed by atoms with Crippen LogP contribution >= 0.6 is 0 Å². The number of ketones is 1. The van der Waals surface area contributed by atoms with Gasteiger partial charge in [-0.2, -0.15) is 0 Å². The minimum absolute atomic E-state index is 0.00182. The zero-order chi connectivity index (χ0) is 60.8. The molecule has 0 saturated carbocycles. The Morgan fingerprint density at radius 1 is 0.706 bits per heavy atom. The zero-order valence-electron chi connectivity index (χ0n) is 49.6. The summed E-state index contributed by atoms with van der Waals surface area (Å²) >= 11 is 0. The average molecular weight is 1180 g/mol. The van der Waals surface area contributed by atoms with Crippen molar-refractivity contribution in [2.75, 3.05) is 93.4 Å². The molecule has 0 bridgehead atoms. The van der Waals surface area contributed by atoms with Gasteiger partial charge < -0.3 is 52.8 Å². The highest BCUT2D eigenvalue weighted by atomic mass is 16.6. The Hall–Kier alpha value is -7.72. The van der Waals surface area contributed by atoms with E-state index in [1.54, 1.807) is 37.3 Å². The fourth-order valence-electron chi connectivity index (χ4n) is 10.6. The van der Waals surface area contributed by atoms with Gasteiger partial charge in [0.1, 0.15) is 36.3 Å². The Balaban J connectivity index is 0.758. The number of carbonyl (C=O) groups excluding carboxylic acids is 8. The molecule has 21 nitrogen and oxygen atoms in total. The molecule has 4 aromatic rings. The monoisotopic (exact) mass is 1180 g/mol. The molecule has 21 heteroatoms. The lowest BCUT2D eigenvalue weighted by Gasteiger charge is -2.37. The lowest BCUT2D eigenvalue weighted by atomic mass is 9.91. The molecule has 3 aliphatic heterocycles. The van der Waals surface area contributed by atoms with Crippen molar-refractivity contribution in [2.45, 2.75) is 116 Å². The molecule has 458 valence electrons. The van der Waals surface area contributed by atoms with Gasteiger partial charge in [0.25, 0.3) is 17.7 Å². The fourth-order valence-corrected chi connectivity index (χ4v) is 10.6. The van der Waals surface area contributed by atoms with Gasteiger partial charge in [-0.25, -0.2) is 4.79 Å². The molecule has 2 saturated heterocycles. The first-order valence-electron chi connectivity index (χ1n) is 29.2. The minimum atomic E-state index is -1.11. The fraction of sp³-hybridized carbons (Fsp3) is 0.500. The Labute approximate surface area is 496 Å². The first kappa shape index (κ1) is 64.8. The number of rotatable bonds is 34. The molecule has 0 spiro atoms. The number of methoxy groups -OCH3 is 2. The highest BCUT2D eigenvalue weighted by Gasteiger charge is 2.46. The third-order valence-electron chi connectivity index (χ3n) is 15.2. The molecule has 4 aromatic carbocycles. The topological polar surface area (TPSA) is 250 Å². The standard InChI is InChI=1S/C64H80N4O17/c1-7-49(46-36-43(4)59(78-6)55(38-46)77-5)61(73)67-26-9-8-17-52(67)64(76)85-53(23-21-44-20-19-41(2)42(3)35-44)45-13-10-15-48(37-45)83-40-57(71)65-25-28-80-30-32-82-34-33-81-31-29-79-27-12-14-47(69)39-84-54-18-11-16-50-58(54)63(75)68(62(50)74)51-22-24-56(70)66-60(51)72/h10-11,13,15-16,18-20,35-38,49,51-53H,7-9,12,14,17,21-34,39-40H2,1-6H3,(H,65,71)(H,66,70,72)/t49-,51?,52-,53?/m0/s1. The number of aryl methyl sites for hydroxylation is 4. The minimum Gasteiger partial charge on any atom is -0.493 e. The second-order valence-corrected chi connectivity index (χ2v) is 21.2. The van der Waals surface area contributed by atoms with E-state index in [1.165, 1.54) is 29.3 Å². The maximum atomic E-state index is 14.5. The molecule has 2 fully saturated rings. The molecule has 6 amide bonds. The van der Waals surface area contributed by atoms with Crippen LogP contribution in [0, 0.1) is 20.8 Å². The number of nitrogens with one attached hydrogen (secondary N) is 2. The predicted molar refractivity (Wildman–Crippen MR) is 311 cm³/mol. The normalized spacial score (nSPS) is 16.5. The van der Waals surface area contributed by atoms with Crippen LogP contribution in [0.15, 0.2) is 72.8 Å². The lowest BCUT2D eigenvalue weighted by Crippen LogP contribution is -2.54. The number of nitrogens with zero attached hydrogens (tertiary/aromatic N) is 2. The smallest absolute Gasteiger partial charge is 0.329 e. The number of fused-ring (bicyclic) bond motifs is 1. The summed E-state index contributed by atoms with van der Waals surface area (Å²) in [5.74, 6) is -2.57. The lowest BCUT2D eigenvalue weighted by molar-refractivity contribution is -0.162. The van der Waals surface area contributed by atoms with Crippen LogP contribution < -0.4 is 29.6 Å². The maximum Gasteiger partial charge on any atom is 0.329 e. The van der Waals surface area contributed by atoms with E-state index < -0.39 is 53.7 Å². The number of hydrogen-bond donors (Lipinski definition) is 2. The van der Waals surface area contributed by atoms with E-state index in [9.17, 15) is 38.4 Å². The highest BCUT2D eigenvalue weighted by molar-refractivity contribution is 6.24. The highest BCUT2D eigenvalue weighted by Crippen LogP contribution is 2.38. The predicted octanol–water partition coefficient (Wildman–Crippen LogP) is 6.81. The summed E-state index contributed by atoms with van der Waals surface area (Å²) < 4.78 is 51.5. The summed E-state index contributed by atoms with van der Waals surface area (Å²) in [6.07, 6.45) is 3.61. The summed E-state index contributed by atoms with van der Waals surface area (Å²) in [4.78, 5) is 107. The molecule has 4 atom stereocenters. The molecule has 0 aromatic heterocycles. The largest absolute Gasteiger partial charge is 0.493 e. The summed E-state index contributed by atoms with van der Waals surface area (Å²) in [5.41, 5.74) is 5.86. The molecule has 0 aliphatic carbocycles. The summed E-state index contributed by atoms with van der Waals surface area (Å²) in [7, 11) is 3.15. The van der Waals surface area contributed by atoms with E-state index in [0.29, 0.717) is 108 Å². The van der Waals surface area contributed by atoms with Crippen LogP contribution in [-0.4, -0.2) is 162 Å². The van der Waals surface area contributed by atoms with Gasteiger partial charge in [-0.1, -0.05) is 49.4 Å². The van der Waals surface area contributed by atoms with Gasteiger partial charge in [0.15, 0.2) is 23.9 Å². The Bertz CT molecular complexity index is 3000. The summed E-state index contributed by atoms with van der Waals surface area (Å²) in [5, 5.41) is 4.96. The van der Waals surface area contributed by atoms with Gasteiger partial charge in [0.2, 0.25) is 17.7 Å². The van der Waals surface area contributed by atoms with Crippen LogP contribution in [0.3, 0.4) is 0 Å². The van der Waals surface area contributed by atoms with Crippen LogP contribution in [0.2, 0.25) is 0 Å². The van der Waals surface area contributed by atoms with Gasteiger partial charge in [-0.05, 0) is 136 Å². The Morgan fingerprint density at radius 3 is 2.14 bits per heavy atom. The van der Waals surface area contributed by atoms with Crippen LogP contribution in [0.5, 0.6) is 23.0 Å². The molecular formula is C64H80N4O17. The number of benzene rings is 4. The third kappa shape index (κ3) is 17.9. The molecular weight excluding hydrogens is 1100 g/mol. The van der Waals surface area contributed by atoms with Crippen LogP contribution in [0.25, 0.3) is 0 Å². The van der Waals surface area contributed by atoms with Crippen molar-refractivity contribution in [3.8, 4) is 23.0 Å². The number of imide groups is 2. The first-order chi connectivity index (χ1) is 41.1. The van der Waals surface area contributed by atoms with E-state index >= 15 is 0 Å². The second kappa shape index (κ2) is 32.5. The molecule has 0 radical (unpaired) electrons. The van der Waals surface area contributed by atoms with Crippen molar-refractivity contribution in [1.29, 1.82) is 0 Å². The van der Waals surface area contributed by atoms with Crippen molar-refractivity contribution >= 4 is 47.2 Å². The maximum absolute atomic E-state index is 14.5. The van der Waals surface area contributed by atoms with E-state index in [-0.39, 0.29) is 80.1 Å². The number of carbonyl (C=O) groups is 8. The summed E-state index contributed by atoms with van der Waals surface area (Å²) in [6, 6.07) is 19.9. The molecule has 3 heterocycles. The van der Waals surface area contributed by atoms with Gasteiger partial charge in [-0.3, -0.25) is 43.8 Å². The quantitative estimate of drug-likeness (QED) is 0.0277. The molecule has 7 rings (SSSR count). The number of amides is 6. The van der Waals surface area contributed by atoms with Crippen LogP contribution in [0.1, 0.15) is 131 Å². The van der Waals surface area contributed by atoms with Gasteiger partial charge in [0, 0.05) is 32.5 Å². The van der Waals surface area contributed by atoms with Crippen molar-refractivity contribution < 1.29 is 81.0 Å². The van der Waals surface area contributed by atoms with Crippen LogP contribution in [0.4, 0.5) is 0 Å². The SMILES string of the molecule is CC[C@H](C(=O)N1CCCC[C@H]1C(=O)OC(CCc1ccc(C)c(C)c1)c1cccc(OCC(=O)NCCOCCOCCOCCOCCCC(=O)COc2cccc3c2C(=O)N(C2CCC(=O)NC2=O)C3=O)c1)c1cc(C)c(OC)c(OC)c1. The first-order valence-corrected chi connectivity index (χ1v) is 29.2. The van der Waals surface area contributed by atoms with Gasteiger partial charge in [0.05, 0.1) is 77.5 Å². The Morgan fingerprint density at radius 2 is 1.44 bits per heavy atom. The van der Waals surface area contributed by atoms with Crippen LogP contribution in [-0.2, 0) is 58.9 Å². The number of Topliss-reactive ketones (excluding diaryl/α,β-unsaturated/α-hetero) is 1. The Kier molecular flexibility index (Phi) is 24.8. The van der Waals surface area contributed by atoms with Gasteiger partial charge in [-0.15, -0.1) is 0 Å². The average Bonchev–Trinajstić information content (AvgIpc) is 2.06. The van der Waals surface area contributed by atoms with Gasteiger partial charge >= 0.3 is 5.97 Å². The van der Waals surface area contributed by atoms with E-state index in [2.05, 4.69) is 42.7 Å². The van der Waals surface area contributed by atoms with E-state index in [4.69, 9.17) is 42.6 Å². The van der Waals surface area contributed by atoms with Crippen molar-refractivity contribution in [3.05, 3.63) is 117 Å².